The fraction of sp³-hybridized carbons (Fsp3) is 0.917. The third-order valence-electron chi connectivity index (χ3n) is 3.72. The average molecular weight is 225 g/mol. The zero-order chi connectivity index (χ0) is 11.5. The molecule has 2 aliphatic rings. The molecule has 0 spiro atoms. The van der Waals surface area contributed by atoms with E-state index in [1.807, 2.05) is 19.0 Å². The quantitative estimate of drug-likeness (QED) is 0.671. The molecule has 2 rings (SSSR count). The molecule has 0 aliphatic carbocycles. The summed E-state index contributed by atoms with van der Waals surface area (Å²) < 4.78 is 0. The van der Waals surface area contributed by atoms with Gasteiger partial charge in [-0.25, -0.2) is 4.79 Å². The van der Waals surface area contributed by atoms with Gasteiger partial charge in [0.25, 0.3) is 0 Å². The van der Waals surface area contributed by atoms with Crippen LogP contribution < -0.4 is 0 Å². The predicted molar refractivity (Wildman–Crippen MR) is 64.5 cm³/mol. The maximum Gasteiger partial charge on any atom is 0.319 e. The molecule has 0 aromatic rings. The van der Waals surface area contributed by atoms with Gasteiger partial charge < -0.3 is 9.80 Å². The Morgan fingerprint density at radius 1 is 1.12 bits per heavy atom. The fourth-order valence-electron chi connectivity index (χ4n) is 2.78. The van der Waals surface area contributed by atoms with Gasteiger partial charge in [0.05, 0.1) is 0 Å². The molecule has 0 saturated carbocycles. The maximum atomic E-state index is 11.8. The summed E-state index contributed by atoms with van der Waals surface area (Å²) in [5.41, 5.74) is 0. The summed E-state index contributed by atoms with van der Waals surface area (Å²) in [6, 6.07) is 0.781. The van der Waals surface area contributed by atoms with Crippen molar-refractivity contribution in [1.29, 1.82) is 0 Å². The number of hydrogen-bond acceptors (Lipinski definition) is 2. The van der Waals surface area contributed by atoms with Crippen molar-refractivity contribution in [2.45, 2.75) is 31.7 Å². The van der Waals surface area contributed by atoms with Crippen molar-refractivity contribution in [3.05, 3.63) is 0 Å². The molecule has 2 aliphatic heterocycles. The van der Waals surface area contributed by atoms with Gasteiger partial charge in [0.15, 0.2) is 0 Å². The highest BCUT2D eigenvalue weighted by Gasteiger charge is 2.31. The van der Waals surface area contributed by atoms with Crippen molar-refractivity contribution >= 4 is 6.03 Å². The van der Waals surface area contributed by atoms with E-state index in [1.165, 1.54) is 32.4 Å². The van der Waals surface area contributed by atoms with Crippen molar-refractivity contribution in [1.82, 2.24) is 14.7 Å². The van der Waals surface area contributed by atoms with Crippen LogP contribution in [-0.2, 0) is 0 Å². The molecule has 2 heterocycles. The van der Waals surface area contributed by atoms with Gasteiger partial charge in [-0.15, -0.1) is 0 Å². The van der Waals surface area contributed by atoms with Crippen molar-refractivity contribution in [3.8, 4) is 0 Å². The van der Waals surface area contributed by atoms with Gasteiger partial charge in [-0.05, 0) is 32.4 Å². The molecule has 0 N–H and O–H groups in total. The molecule has 2 saturated heterocycles. The minimum absolute atomic E-state index is 0.166. The number of carbonyl (C=O) groups is 1. The van der Waals surface area contributed by atoms with Crippen LogP contribution in [0, 0.1) is 0 Å². The van der Waals surface area contributed by atoms with E-state index in [-0.39, 0.29) is 6.03 Å². The predicted octanol–water partition coefficient (Wildman–Crippen LogP) is 1.23. The van der Waals surface area contributed by atoms with Crippen LogP contribution in [0.2, 0.25) is 0 Å². The normalized spacial score (nSPS) is 27.1. The summed E-state index contributed by atoms with van der Waals surface area (Å²) in [5.74, 6) is 0. The summed E-state index contributed by atoms with van der Waals surface area (Å²) in [4.78, 5) is 18.0. The van der Waals surface area contributed by atoms with Gasteiger partial charge in [0.1, 0.15) is 0 Å². The Hall–Kier alpha value is -0.770. The first-order valence-electron chi connectivity index (χ1n) is 6.39. The van der Waals surface area contributed by atoms with Crippen LogP contribution in [0.3, 0.4) is 0 Å². The minimum Gasteiger partial charge on any atom is -0.331 e. The zero-order valence-corrected chi connectivity index (χ0v) is 10.5. The van der Waals surface area contributed by atoms with Crippen LogP contribution in [0.4, 0.5) is 4.79 Å². The lowest BCUT2D eigenvalue weighted by Gasteiger charge is -2.32. The van der Waals surface area contributed by atoms with Crippen LogP contribution >= 0.6 is 0 Å². The van der Waals surface area contributed by atoms with Gasteiger partial charge in [-0.1, -0.05) is 6.42 Å². The Kier molecular flexibility index (Phi) is 3.69. The molecule has 0 aromatic heterocycles. The molecule has 0 radical (unpaired) electrons. The Morgan fingerprint density at radius 3 is 2.44 bits per heavy atom. The average Bonchev–Trinajstić information content (AvgIpc) is 2.78. The number of carbonyl (C=O) groups excluding carboxylic acids is 1. The summed E-state index contributed by atoms with van der Waals surface area (Å²) in [6.45, 7) is 4.32. The highest BCUT2D eigenvalue weighted by molar-refractivity contribution is 5.74. The van der Waals surface area contributed by atoms with E-state index in [1.54, 1.807) is 4.90 Å². The first-order valence-corrected chi connectivity index (χ1v) is 6.39. The second-order valence-corrected chi connectivity index (χ2v) is 5.16. The number of hydrogen-bond donors (Lipinski definition) is 0. The lowest BCUT2D eigenvalue weighted by Crippen LogP contribution is -2.43. The number of piperidine rings is 1. The molecule has 1 atom stereocenters. The molecule has 4 heteroatoms. The van der Waals surface area contributed by atoms with Gasteiger partial charge in [0.2, 0.25) is 0 Å². The lowest BCUT2D eigenvalue weighted by molar-refractivity contribution is 0.154. The maximum absolute atomic E-state index is 11.8. The monoisotopic (exact) mass is 225 g/mol. The minimum atomic E-state index is 0.166. The Morgan fingerprint density at radius 2 is 1.81 bits per heavy atom. The molecule has 2 fully saturated rings. The van der Waals surface area contributed by atoms with E-state index >= 15 is 0 Å². The lowest BCUT2D eigenvalue weighted by atomic mass is 10.1. The smallest absolute Gasteiger partial charge is 0.319 e. The van der Waals surface area contributed by atoms with Crippen molar-refractivity contribution in [2.24, 2.45) is 0 Å². The van der Waals surface area contributed by atoms with E-state index in [0.29, 0.717) is 6.04 Å². The largest absolute Gasteiger partial charge is 0.331 e. The number of likely N-dealkylation sites (tertiary alicyclic amines) is 2. The van der Waals surface area contributed by atoms with Crippen LogP contribution in [0.15, 0.2) is 0 Å². The number of nitrogens with zero attached hydrogens (tertiary/aromatic N) is 3. The van der Waals surface area contributed by atoms with Gasteiger partial charge >= 0.3 is 6.03 Å². The van der Waals surface area contributed by atoms with Crippen molar-refractivity contribution < 1.29 is 4.79 Å². The number of rotatable bonds is 1. The molecular weight excluding hydrogens is 202 g/mol. The third-order valence-corrected chi connectivity index (χ3v) is 3.72. The summed E-state index contributed by atoms with van der Waals surface area (Å²) in [5, 5.41) is 0. The standard InChI is InChI=1S/C12H23N3O/c1-13(2)12(16)15-9-6-11(10-15)14-7-4-3-5-8-14/h11H,3-10H2,1-2H3. The van der Waals surface area contributed by atoms with E-state index in [2.05, 4.69) is 4.90 Å². The molecule has 92 valence electrons. The Balaban J connectivity index is 1.85. The SMILES string of the molecule is CN(C)C(=O)N1CCC(N2CCCCC2)C1. The topological polar surface area (TPSA) is 26.8 Å². The summed E-state index contributed by atoms with van der Waals surface area (Å²) >= 11 is 0. The summed E-state index contributed by atoms with van der Waals surface area (Å²) in [6.07, 6.45) is 5.19. The number of urea groups is 1. The molecule has 4 nitrogen and oxygen atoms in total. The summed E-state index contributed by atoms with van der Waals surface area (Å²) in [7, 11) is 3.66. The first kappa shape index (κ1) is 11.7. The van der Waals surface area contributed by atoms with Gasteiger partial charge in [-0.2, -0.15) is 0 Å². The molecule has 0 aromatic carbocycles. The first-order chi connectivity index (χ1) is 7.68. The van der Waals surface area contributed by atoms with E-state index < -0.39 is 0 Å². The van der Waals surface area contributed by atoms with Crippen LogP contribution in [0.25, 0.3) is 0 Å². The third kappa shape index (κ3) is 2.48. The second-order valence-electron chi connectivity index (χ2n) is 5.16. The number of amides is 2. The highest BCUT2D eigenvalue weighted by Crippen LogP contribution is 2.20. The van der Waals surface area contributed by atoms with E-state index in [0.717, 1.165) is 19.5 Å². The van der Waals surface area contributed by atoms with Gasteiger partial charge in [-0.3, -0.25) is 4.90 Å². The van der Waals surface area contributed by atoms with E-state index in [9.17, 15) is 4.79 Å². The van der Waals surface area contributed by atoms with Crippen LogP contribution in [0.5, 0.6) is 0 Å². The Labute approximate surface area is 98.2 Å². The second kappa shape index (κ2) is 5.04. The van der Waals surface area contributed by atoms with Gasteiger partial charge in [0, 0.05) is 33.2 Å². The molecular formula is C12H23N3O. The van der Waals surface area contributed by atoms with Crippen molar-refractivity contribution in [2.75, 3.05) is 40.3 Å². The van der Waals surface area contributed by atoms with Crippen molar-refractivity contribution in [3.63, 3.8) is 0 Å². The zero-order valence-electron chi connectivity index (χ0n) is 10.5. The van der Waals surface area contributed by atoms with Crippen LogP contribution in [0.1, 0.15) is 25.7 Å². The molecule has 0 bridgehead atoms. The highest BCUT2D eigenvalue weighted by atomic mass is 16.2. The van der Waals surface area contributed by atoms with Crippen LogP contribution in [-0.4, -0.2) is 67.0 Å². The fourth-order valence-corrected chi connectivity index (χ4v) is 2.78. The Bertz CT molecular complexity index is 249. The molecule has 2 amide bonds. The van der Waals surface area contributed by atoms with E-state index in [4.69, 9.17) is 0 Å². The molecule has 16 heavy (non-hydrogen) atoms. The molecule has 1 unspecified atom stereocenters.